The molecule has 1 atom stereocenters. The lowest BCUT2D eigenvalue weighted by Gasteiger charge is -2.18. The minimum Gasteiger partial charge on any atom is -0.406 e. The van der Waals surface area contributed by atoms with Crippen molar-refractivity contribution in [1.82, 2.24) is 4.90 Å². The number of halogens is 4. The number of hydrogen-bond donors (Lipinski definition) is 0. The van der Waals surface area contributed by atoms with Gasteiger partial charge in [0.15, 0.2) is 0 Å². The number of alkyl halides is 4. The lowest BCUT2D eigenvalue weighted by atomic mass is 10.2. The van der Waals surface area contributed by atoms with Crippen molar-refractivity contribution < 1.29 is 17.9 Å². The molecule has 1 aromatic rings. The van der Waals surface area contributed by atoms with Crippen LogP contribution in [-0.4, -0.2) is 29.7 Å². The Morgan fingerprint density at radius 1 is 1.28 bits per heavy atom. The Labute approximate surface area is 113 Å². The molecule has 0 spiro atoms. The lowest BCUT2D eigenvalue weighted by Crippen LogP contribution is -2.24. The quantitative estimate of drug-likeness (QED) is 0.763. The summed E-state index contributed by atoms with van der Waals surface area (Å²) in [5, 5.41) is 0. The summed E-state index contributed by atoms with van der Waals surface area (Å²) in [6.45, 7) is 3.58. The molecule has 0 aliphatic heterocycles. The van der Waals surface area contributed by atoms with Gasteiger partial charge in [0.25, 0.3) is 0 Å². The second kappa shape index (κ2) is 6.43. The van der Waals surface area contributed by atoms with Crippen LogP contribution in [0.25, 0.3) is 0 Å². The topological polar surface area (TPSA) is 12.5 Å². The van der Waals surface area contributed by atoms with Gasteiger partial charge in [0.1, 0.15) is 5.75 Å². The minimum atomic E-state index is -4.64. The van der Waals surface area contributed by atoms with Gasteiger partial charge < -0.3 is 9.64 Å². The third-order valence-corrected chi connectivity index (χ3v) is 2.46. The zero-order chi connectivity index (χ0) is 13.8. The van der Waals surface area contributed by atoms with Crippen LogP contribution in [0.1, 0.15) is 12.5 Å². The summed E-state index contributed by atoms with van der Waals surface area (Å²) in [6, 6.07) is 5.93. The van der Waals surface area contributed by atoms with Crippen LogP contribution in [-0.2, 0) is 6.54 Å². The van der Waals surface area contributed by atoms with Gasteiger partial charge in [-0.1, -0.05) is 35.0 Å². The van der Waals surface area contributed by atoms with Gasteiger partial charge in [0, 0.05) is 17.9 Å². The first-order chi connectivity index (χ1) is 8.26. The van der Waals surface area contributed by atoms with Gasteiger partial charge in [-0.05, 0) is 24.7 Å². The molecule has 102 valence electrons. The first kappa shape index (κ1) is 15.3. The predicted molar refractivity (Wildman–Crippen MR) is 67.8 cm³/mol. The Hall–Kier alpha value is -0.750. The van der Waals surface area contributed by atoms with Crippen LogP contribution in [0.4, 0.5) is 13.2 Å². The molecule has 18 heavy (non-hydrogen) atoms. The molecule has 0 radical (unpaired) electrons. The van der Waals surface area contributed by atoms with E-state index < -0.39 is 6.36 Å². The van der Waals surface area contributed by atoms with Crippen molar-refractivity contribution >= 4 is 15.9 Å². The summed E-state index contributed by atoms with van der Waals surface area (Å²) in [5.41, 5.74) is 0.945. The summed E-state index contributed by atoms with van der Waals surface area (Å²) in [4.78, 5) is 2.45. The van der Waals surface area contributed by atoms with E-state index in [1.807, 2.05) is 14.0 Å². The van der Waals surface area contributed by atoms with Crippen molar-refractivity contribution in [2.45, 2.75) is 24.7 Å². The van der Waals surface area contributed by atoms with Gasteiger partial charge in [0.05, 0.1) is 0 Å². The van der Waals surface area contributed by atoms with Gasteiger partial charge in [0.2, 0.25) is 0 Å². The van der Waals surface area contributed by atoms with Crippen molar-refractivity contribution in [1.29, 1.82) is 0 Å². The van der Waals surface area contributed by atoms with Crippen molar-refractivity contribution in [3.8, 4) is 5.75 Å². The van der Waals surface area contributed by atoms with E-state index in [9.17, 15) is 13.2 Å². The molecule has 1 rings (SSSR count). The Morgan fingerprint density at radius 2 is 1.83 bits per heavy atom. The monoisotopic (exact) mass is 325 g/mol. The van der Waals surface area contributed by atoms with Gasteiger partial charge in [-0.2, -0.15) is 0 Å². The molecular formula is C12H15BrF3NO. The molecular weight excluding hydrogens is 311 g/mol. The molecule has 0 bridgehead atoms. The van der Waals surface area contributed by atoms with E-state index in [4.69, 9.17) is 0 Å². The SMILES string of the molecule is CC(Br)CN(C)Cc1ccc(OC(F)(F)F)cc1. The Morgan fingerprint density at radius 3 is 2.28 bits per heavy atom. The van der Waals surface area contributed by atoms with E-state index in [1.54, 1.807) is 12.1 Å². The molecule has 2 nitrogen and oxygen atoms in total. The molecule has 6 heteroatoms. The van der Waals surface area contributed by atoms with Gasteiger partial charge >= 0.3 is 6.36 Å². The van der Waals surface area contributed by atoms with Gasteiger partial charge in [-0.3, -0.25) is 0 Å². The zero-order valence-corrected chi connectivity index (χ0v) is 11.8. The van der Waals surface area contributed by atoms with Crippen LogP contribution >= 0.6 is 15.9 Å². The highest BCUT2D eigenvalue weighted by Crippen LogP contribution is 2.23. The molecule has 0 aromatic heterocycles. The van der Waals surface area contributed by atoms with E-state index in [-0.39, 0.29) is 5.75 Å². The van der Waals surface area contributed by atoms with Crippen molar-refractivity contribution in [2.24, 2.45) is 0 Å². The van der Waals surface area contributed by atoms with Crippen molar-refractivity contribution in [2.75, 3.05) is 13.6 Å². The van der Waals surface area contributed by atoms with E-state index in [1.165, 1.54) is 12.1 Å². The van der Waals surface area contributed by atoms with Crippen LogP contribution in [0.2, 0.25) is 0 Å². The van der Waals surface area contributed by atoms with Crippen LogP contribution in [0.15, 0.2) is 24.3 Å². The highest BCUT2D eigenvalue weighted by Gasteiger charge is 2.30. The van der Waals surface area contributed by atoms with E-state index in [2.05, 4.69) is 25.6 Å². The fourth-order valence-electron chi connectivity index (χ4n) is 1.60. The number of ether oxygens (including phenoxy) is 1. The predicted octanol–water partition coefficient (Wildman–Crippen LogP) is 3.80. The standard InChI is InChI=1S/C12H15BrF3NO/c1-9(13)7-17(2)8-10-3-5-11(6-4-10)18-12(14,15)16/h3-6,9H,7-8H2,1-2H3. The van der Waals surface area contributed by atoms with Crippen molar-refractivity contribution in [3.63, 3.8) is 0 Å². The average Bonchev–Trinajstić information content (AvgIpc) is 2.17. The minimum absolute atomic E-state index is 0.192. The molecule has 1 unspecified atom stereocenters. The summed E-state index contributed by atoms with van der Waals surface area (Å²) < 4.78 is 39.7. The molecule has 0 saturated heterocycles. The Balaban J connectivity index is 2.55. The van der Waals surface area contributed by atoms with Crippen LogP contribution < -0.4 is 4.74 Å². The van der Waals surface area contributed by atoms with Gasteiger partial charge in [-0.25, -0.2) is 0 Å². The molecule has 0 fully saturated rings. The molecule has 0 N–H and O–H groups in total. The first-order valence-electron chi connectivity index (χ1n) is 5.43. The van der Waals surface area contributed by atoms with Crippen LogP contribution in [0, 0.1) is 0 Å². The maximum Gasteiger partial charge on any atom is 0.573 e. The molecule has 0 amide bonds. The zero-order valence-electron chi connectivity index (χ0n) is 10.2. The maximum absolute atomic E-state index is 12.0. The number of hydrogen-bond acceptors (Lipinski definition) is 2. The van der Waals surface area contributed by atoms with Crippen molar-refractivity contribution in [3.05, 3.63) is 29.8 Å². The smallest absolute Gasteiger partial charge is 0.406 e. The third-order valence-electron chi connectivity index (χ3n) is 2.17. The molecule has 0 saturated carbocycles. The Bertz CT molecular complexity index is 365. The van der Waals surface area contributed by atoms with E-state index >= 15 is 0 Å². The normalized spacial score (nSPS) is 13.7. The highest BCUT2D eigenvalue weighted by atomic mass is 79.9. The van der Waals surface area contributed by atoms with Gasteiger partial charge in [-0.15, -0.1) is 13.2 Å². The number of nitrogens with zero attached hydrogens (tertiary/aromatic N) is 1. The fraction of sp³-hybridized carbons (Fsp3) is 0.500. The largest absolute Gasteiger partial charge is 0.573 e. The lowest BCUT2D eigenvalue weighted by molar-refractivity contribution is -0.274. The summed E-state index contributed by atoms with van der Waals surface area (Å²) >= 11 is 3.45. The van der Waals surface area contributed by atoms with E-state index in [0.29, 0.717) is 11.4 Å². The molecule has 0 aliphatic rings. The molecule has 1 aromatic carbocycles. The van der Waals surface area contributed by atoms with Crippen LogP contribution in [0.3, 0.4) is 0 Å². The summed E-state index contributed by atoms with van der Waals surface area (Å²) in [6.07, 6.45) is -4.64. The van der Waals surface area contributed by atoms with Crippen LogP contribution in [0.5, 0.6) is 5.75 Å². The second-order valence-corrected chi connectivity index (χ2v) is 5.73. The molecule has 0 heterocycles. The van der Waals surface area contributed by atoms with E-state index in [0.717, 1.165) is 12.1 Å². The first-order valence-corrected chi connectivity index (χ1v) is 6.35. The number of rotatable bonds is 5. The third kappa shape index (κ3) is 6.26. The second-order valence-electron chi connectivity index (χ2n) is 4.17. The highest BCUT2D eigenvalue weighted by molar-refractivity contribution is 9.09. The maximum atomic E-state index is 12.0. The fourth-order valence-corrected chi connectivity index (χ4v) is 2.10. The summed E-state index contributed by atoms with van der Waals surface area (Å²) in [5.74, 6) is -0.192. The molecule has 0 aliphatic carbocycles. The average molecular weight is 326 g/mol. The number of benzene rings is 1. The Kier molecular flexibility index (Phi) is 5.47. The summed E-state index contributed by atoms with van der Waals surface area (Å²) in [7, 11) is 1.96.